The van der Waals surface area contributed by atoms with Crippen LogP contribution in [0.3, 0.4) is 0 Å². The van der Waals surface area contributed by atoms with Crippen LogP contribution in [0.15, 0.2) is 47.4 Å². The van der Waals surface area contributed by atoms with E-state index < -0.39 is 10.0 Å². The normalized spacial score (nSPS) is 13.5. The first kappa shape index (κ1) is 16.5. The Morgan fingerprint density at radius 2 is 1.83 bits per heavy atom. The van der Waals surface area contributed by atoms with Gasteiger partial charge >= 0.3 is 0 Å². The Bertz CT molecular complexity index is 874. The molecule has 3 rings (SSSR count). The molecule has 24 heavy (non-hydrogen) atoms. The topological polar surface area (TPSA) is 75.7 Å². The molecule has 1 N–H and O–H groups in total. The molecule has 0 fully saturated rings. The molecular formula is C17H18N2O4S. The molecule has 0 atom stereocenters. The fraction of sp³-hybridized carbons (Fsp3) is 0.235. The summed E-state index contributed by atoms with van der Waals surface area (Å²) in [6.45, 7) is 0.661. The van der Waals surface area contributed by atoms with Gasteiger partial charge in [-0.2, -0.15) is 0 Å². The van der Waals surface area contributed by atoms with Gasteiger partial charge in [-0.25, -0.2) is 12.7 Å². The van der Waals surface area contributed by atoms with Crippen molar-refractivity contribution >= 4 is 21.6 Å². The number of carbonyl (C=O) groups excluding carboxylic acids is 1. The van der Waals surface area contributed by atoms with Crippen molar-refractivity contribution in [1.29, 1.82) is 0 Å². The van der Waals surface area contributed by atoms with Crippen molar-refractivity contribution < 1.29 is 17.9 Å². The minimum Gasteiger partial charge on any atom is -0.493 e. The summed E-state index contributed by atoms with van der Waals surface area (Å²) in [6.07, 6.45) is 0.829. The number of carbonyl (C=O) groups is 1. The third-order valence-electron chi connectivity index (χ3n) is 3.84. The van der Waals surface area contributed by atoms with E-state index in [9.17, 15) is 13.2 Å². The third kappa shape index (κ3) is 3.13. The van der Waals surface area contributed by atoms with E-state index in [0.29, 0.717) is 17.9 Å². The van der Waals surface area contributed by atoms with Crippen LogP contribution < -0.4 is 10.1 Å². The van der Waals surface area contributed by atoms with Crippen LogP contribution in [0.25, 0.3) is 0 Å². The first-order chi connectivity index (χ1) is 11.4. The van der Waals surface area contributed by atoms with Crippen LogP contribution in [-0.4, -0.2) is 39.3 Å². The molecule has 7 heteroatoms. The molecule has 6 nitrogen and oxygen atoms in total. The Labute approximate surface area is 141 Å². The number of anilines is 1. The van der Waals surface area contributed by atoms with Gasteiger partial charge in [0.15, 0.2) is 0 Å². The van der Waals surface area contributed by atoms with Crippen LogP contribution in [0.4, 0.5) is 5.69 Å². The van der Waals surface area contributed by atoms with Gasteiger partial charge in [0.05, 0.1) is 11.5 Å². The van der Waals surface area contributed by atoms with E-state index in [1.807, 2.05) is 12.1 Å². The Hall–Kier alpha value is -2.38. The molecule has 2 aromatic rings. The Morgan fingerprint density at radius 1 is 1.12 bits per heavy atom. The highest BCUT2D eigenvalue weighted by molar-refractivity contribution is 7.89. The van der Waals surface area contributed by atoms with Crippen molar-refractivity contribution in [1.82, 2.24) is 4.31 Å². The number of benzene rings is 2. The zero-order valence-electron chi connectivity index (χ0n) is 13.4. The number of nitrogens with one attached hydrogen (secondary N) is 1. The zero-order valence-corrected chi connectivity index (χ0v) is 14.3. The number of amides is 1. The van der Waals surface area contributed by atoms with Crippen LogP contribution in [0.2, 0.25) is 0 Å². The Kier molecular flexibility index (Phi) is 4.29. The monoisotopic (exact) mass is 346 g/mol. The number of nitrogens with zero attached hydrogens (tertiary/aromatic N) is 1. The smallest absolute Gasteiger partial charge is 0.255 e. The summed E-state index contributed by atoms with van der Waals surface area (Å²) in [4.78, 5) is 12.5. The maximum atomic E-state index is 12.3. The number of fused-ring (bicyclic) bond motifs is 1. The summed E-state index contributed by atoms with van der Waals surface area (Å²) >= 11 is 0. The predicted octanol–water partition coefficient (Wildman–Crippen LogP) is 2.12. The Morgan fingerprint density at radius 3 is 2.50 bits per heavy atom. The van der Waals surface area contributed by atoms with E-state index in [1.165, 1.54) is 38.4 Å². The molecule has 0 spiro atoms. The zero-order chi connectivity index (χ0) is 17.3. The molecule has 0 saturated carbocycles. The summed E-state index contributed by atoms with van der Waals surface area (Å²) in [6, 6.07) is 11.4. The maximum Gasteiger partial charge on any atom is 0.255 e. The SMILES string of the molecule is CN(C)S(=O)(=O)c1ccc(C(=O)Nc2ccc3c(c2)CCO3)cc1. The lowest BCUT2D eigenvalue weighted by molar-refractivity contribution is 0.102. The lowest BCUT2D eigenvalue weighted by atomic mass is 10.1. The Balaban J connectivity index is 1.76. The first-order valence-corrected chi connectivity index (χ1v) is 8.91. The van der Waals surface area contributed by atoms with Crippen LogP contribution in [-0.2, 0) is 16.4 Å². The van der Waals surface area contributed by atoms with Crippen molar-refractivity contribution in [2.24, 2.45) is 0 Å². The van der Waals surface area contributed by atoms with Gasteiger partial charge in [0, 0.05) is 31.8 Å². The van der Waals surface area contributed by atoms with E-state index in [-0.39, 0.29) is 10.8 Å². The van der Waals surface area contributed by atoms with Crippen molar-refractivity contribution in [2.45, 2.75) is 11.3 Å². The number of ether oxygens (including phenoxy) is 1. The number of hydrogen-bond acceptors (Lipinski definition) is 4. The van der Waals surface area contributed by atoms with Gasteiger partial charge in [0.2, 0.25) is 10.0 Å². The summed E-state index contributed by atoms with van der Waals surface area (Å²) < 4.78 is 30.6. The third-order valence-corrected chi connectivity index (χ3v) is 5.67. The van der Waals surface area contributed by atoms with E-state index in [2.05, 4.69) is 5.32 Å². The van der Waals surface area contributed by atoms with Crippen molar-refractivity contribution in [3.05, 3.63) is 53.6 Å². The lowest BCUT2D eigenvalue weighted by Crippen LogP contribution is -2.22. The van der Waals surface area contributed by atoms with Gasteiger partial charge in [-0.3, -0.25) is 4.79 Å². The molecule has 0 radical (unpaired) electrons. The van der Waals surface area contributed by atoms with E-state index in [4.69, 9.17) is 4.74 Å². The molecule has 0 aliphatic carbocycles. The van der Waals surface area contributed by atoms with Gasteiger partial charge in [-0.1, -0.05) is 0 Å². The molecular weight excluding hydrogens is 328 g/mol. The molecule has 0 unspecified atom stereocenters. The quantitative estimate of drug-likeness (QED) is 0.920. The highest BCUT2D eigenvalue weighted by Gasteiger charge is 2.18. The second-order valence-electron chi connectivity index (χ2n) is 5.69. The fourth-order valence-electron chi connectivity index (χ4n) is 2.46. The summed E-state index contributed by atoms with van der Waals surface area (Å²) in [5.74, 6) is 0.564. The second kappa shape index (κ2) is 6.26. The van der Waals surface area contributed by atoms with Crippen LogP contribution in [0, 0.1) is 0 Å². The molecule has 0 aromatic heterocycles. The molecule has 0 bridgehead atoms. The fourth-order valence-corrected chi connectivity index (χ4v) is 3.36. The molecule has 126 valence electrons. The average molecular weight is 346 g/mol. The highest BCUT2D eigenvalue weighted by Crippen LogP contribution is 2.28. The van der Waals surface area contributed by atoms with Crippen molar-refractivity contribution in [3.63, 3.8) is 0 Å². The minimum absolute atomic E-state index is 0.152. The van der Waals surface area contributed by atoms with Gasteiger partial charge in [0.25, 0.3) is 5.91 Å². The lowest BCUT2D eigenvalue weighted by Gasteiger charge is -2.12. The number of rotatable bonds is 4. The molecule has 1 aliphatic heterocycles. The van der Waals surface area contributed by atoms with Crippen LogP contribution in [0.5, 0.6) is 5.75 Å². The van der Waals surface area contributed by atoms with Gasteiger partial charge in [-0.15, -0.1) is 0 Å². The maximum absolute atomic E-state index is 12.3. The number of hydrogen-bond donors (Lipinski definition) is 1. The van der Waals surface area contributed by atoms with Gasteiger partial charge in [-0.05, 0) is 48.0 Å². The molecule has 1 amide bonds. The predicted molar refractivity (Wildman–Crippen MR) is 90.9 cm³/mol. The summed E-state index contributed by atoms with van der Waals surface area (Å²) in [5.41, 5.74) is 2.15. The molecule has 1 aliphatic rings. The van der Waals surface area contributed by atoms with Gasteiger partial charge in [0.1, 0.15) is 5.75 Å². The van der Waals surface area contributed by atoms with E-state index in [0.717, 1.165) is 22.0 Å². The van der Waals surface area contributed by atoms with Crippen molar-refractivity contribution in [3.8, 4) is 5.75 Å². The van der Waals surface area contributed by atoms with E-state index in [1.54, 1.807) is 6.07 Å². The molecule has 2 aromatic carbocycles. The standard InChI is InChI=1S/C17H18N2O4S/c1-19(2)24(21,22)15-6-3-12(4-7-15)17(20)18-14-5-8-16-13(11-14)9-10-23-16/h3-8,11H,9-10H2,1-2H3,(H,18,20). The van der Waals surface area contributed by atoms with Crippen LogP contribution in [0.1, 0.15) is 15.9 Å². The summed E-state index contributed by atoms with van der Waals surface area (Å²) in [7, 11) is -0.566. The highest BCUT2D eigenvalue weighted by atomic mass is 32.2. The molecule has 1 heterocycles. The minimum atomic E-state index is -3.50. The first-order valence-electron chi connectivity index (χ1n) is 7.47. The van der Waals surface area contributed by atoms with E-state index >= 15 is 0 Å². The second-order valence-corrected chi connectivity index (χ2v) is 7.84. The average Bonchev–Trinajstić information content (AvgIpc) is 3.02. The summed E-state index contributed by atoms with van der Waals surface area (Å²) in [5, 5.41) is 2.81. The largest absolute Gasteiger partial charge is 0.493 e. The van der Waals surface area contributed by atoms with Gasteiger partial charge < -0.3 is 10.1 Å². The number of sulfonamides is 1. The molecule has 0 saturated heterocycles. The van der Waals surface area contributed by atoms with Crippen LogP contribution >= 0.6 is 0 Å². The van der Waals surface area contributed by atoms with Crippen molar-refractivity contribution in [2.75, 3.05) is 26.0 Å².